The number of aliphatic imine (C=N–C) groups is 1. The molecule has 2 nitrogen and oxygen atoms in total. The molecule has 1 aliphatic carbocycles. The predicted octanol–water partition coefficient (Wildman–Crippen LogP) is 3.93. The van der Waals surface area contributed by atoms with Gasteiger partial charge in [-0.1, -0.05) is 20.8 Å². The summed E-state index contributed by atoms with van der Waals surface area (Å²) < 4.78 is 6.24. The summed E-state index contributed by atoms with van der Waals surface area (Å²) in [5.74, 6) is 1.96. The van der Waals surface area contributed by atoms with Crippen molar-refractivity contribution in [2.24, 2.45) is 10.9 Å². The normalized spacial score (nSPS) is 26.2. The molecule has 2 rings (SSSR count). The van der Waals surface area contributed by atoms with E-state index in [0.717, 1.165) is 18.3 Å². The lowest BCUT2D eigenvalue weighted by molar-refractivity contribution is 0.273. The molecule has 2 aliphatic rings. The number of hydrogen-bond acceptors (Lipinski definition) is 3. The van der Waals surface area contributed by atoms with E-state index >= 15 is 0 Å². The second-order valence-corrected chi connectivity index (χ2v) is 12.6. The number of hydrogen-bond donors (Lipinski definition) is 0. The van der Waals surface area contributed by atoms with E-state index in [-0.39, 0.29) is 0 Å². The fourth-order valence-corrected chi connectivity index (χ4v) is 3.87. The molecule has 1 fully saturated rings. The van der Waals surface area contributed by atoms with Gasteiger partial charge in [-0.2, -0.15) is 0 Å². The molecule has 0 saturated heterocycles. The smallest absolute Gasteiger partial charge is 0.192 e. The van der Waals surface area contributed by atoms with Gasteiger partial charge in [-0.05, 0) is 31.0 Å². The average Bonchev–Trinajstić information content (AvgIpc) is 2.94. The first-order valence-corrected chi connectivity index (χ1v) is 10.5. The first kappa shape index (κ1) is 13.6. The topological polar surface area (TPSA) is 21.6 Å². The molecule has 0 amide bonds. The second kappa shape index (κ2) is 4.70. The highest BCUT2D eigenvalue weighted by atomic mass is 32.2. The summed E-state index contributed by atoms with van der Waals surface area (Å²) in [5, 5.41) is 1.72. The largest absolute Gasteiger partial charge is 0.415 e. The highest BCUT2D eigenvalue weighted by Crippen LogP contribution is 2.39. The van der Waals surface area contributed by atoms with E-state index in [1.54, 1.807) is 0 Å². The van der Waals surface area contributed by atoms with E-state index in [2.05, 4.69) is 33.9 Å². The second-order valence-electron chi connectivity index (χ2n) is 6.78. The Balaban J connectivity index is 1.83. The van der Waals surface area contributed by atoms with E-state index in [1.165, 1.54) is 17.9 Å². The molecular formula is C13H25NOSSi. The molecule has 0 bridgehead atoms. The molecule has 0 aromatic heterocycles. The van der Waals surface area contributed by atoms with Crippen LogP contribution in [-0.4, -0.2) is 31.8 Å². The van der Waals surface area contributed by atoms with E-state index in [1.807, 2.05) is 11.8 Å². The van der Waals surface area contributed by atoms with Crippen molar-refractivity contribution in [3.63, 3.8) is 0 Å². The molecule has 1 saturated carbocycles. The van der Waals surface area contributed by atoms with Gasteiger partial charge in [0.1, 0.15) is 0 Å². The maximum Gasteiger partial charge on any atom is 0.192 e. The number of rotatable bonds is 4. The predicted molar refractivity (Wildman–Crippen MR) is 79.6 cm³/mol. The third kappa shape index (κ3) is 3.35. The van der Waals surface area contributed by atoms with Crippen molar-refractivity contribution in [3.05, 3.63) is 0 Å². The van der Waals surface area contributed by atoms with Gasteiger partial charge in [0.2, 0.25) is 0 Å². The molecule has 0 radical (unpaired) electrons. The lowest BCUT2D eigenvalue weighted by Crippen LogP contribution is -2.42. The monoisotopic (exact) mass is 271 g/mol. The van der Waals surface area contributed by atoms with Crippen molar-refractivity contribution in [1.82, 2.24) is 0 Å². The van der Waals surface area contributed by atoms with Crippen LogP contribution in [0.15, 0.2) is 4.99 Å². The van der Waals surface area contributed by atoms with Gasteiger partial charge in [0, 0.05) is 11.7 Å². The Bertz CT molecular complexity index is 318. The Morgan fingerprint density at radius 3 is 2.53 bits per heavy atom. The van der Waals surface area contributed by atoms with Crippen LogP contribution in [0.3, 0.4) is 0 Å². The fourth-order valence-electron chi connectivity index (χ4n) is 1.60. The maximum atomic E-state index is 6.24. The third-order valence-electron chi connectivity index (χ3n) is 4.10. The molecule has 1 unspecified atom stereocenters. The average molecular weight is 272 g/mol. The zero-order valence-electron chi connectivity index (χ0n) is 11.7. The van der Waals surface area contributed by atoms with E-state index in [0.29, 0.717) is 11.1 Å². The van der Waals surface area contributed by atoms with Crippen molar-refractivity contribution in [3.8, 4) is 0 Å². The maximum absolute atomic E-state index is 6.24. The Labute approximate surface area is 111 Å². The summed E-state index contributed by atoms with van der Waals surface area (Å²) >= 11 is 1.96. The number of nitrogens with zero attached hydrogens (tertiary/aromatic N) is 1. The number of thioether (sulfide) groups is 1. The van der Waals surface area contributed by atoms with Crippen LogP contribution in [0.25, 0.3) is 0 Å². The SMILES string of the molecule is CC(C)(C)[Si](C)(C)OCC1CSC(C2CC2)=N1. The van der Waals surface area contributed by atoms with Crippen LogP contribution in [0.1, 0.15) is 33.6 Å². The van der Waals surface area contributed by atoms with E-state index < -0.39 is 8.32 Å². The molecule has 1 heterocycles. The molecular weight excluding hydrogens is 246 g/mol. The summed E-state index contributed by atoms with van der Waals surface area (Å²) in [7, 11) is -1.58. The van der Waals surface area contributed by atoms with Gasteiger partial charge in [0.05, 0.1) is 17.7 Å². The van der Waals surface area contributed by atoms with Gasteiger partial charge < -0.3 is 4.43 Å². The van der Waals surface area contributed by atoms with Gasteiger partial charge in [0.15, 0.2) is 8.32 Å². The molecule has 17 heavy (non-hydrogen) atoms. The highest BCUT2D eigenvalue weighted by Gasteiger charge is 2.38. The van der Waals surface area contributed by atoms with Crippen molar-refractivity contribution in [2.45, 2.75) is 57.8 Å². The van der Waals surface area contributed by atoms with Gasteiger partial charge in [-0.15, -0.1) is 11.8 Å². The molecule has 0 spiro atoms. The summed E-state index contributed by atoms with van der Waals surface area (Å²) in [5.41, 5.74) is 0. The zero-order valence-corrected chi connectivity index (χ0v) is 13.6. The first-order chi connectivity index (χ1) is 7.79. The fraction of sp³-hybridized carbons (Fsp3) is 0.923. The lowest BCUT2D eigenvalue weighted by atomic mass is 10.2. The Morgan fingerprint density at radius 1 is 1.35 bits per heavy atom. The van der Waals surface area contributed by atoms with Crippen LogP contribution < -0.4 is 0 Å². The summed E-state index contributed by atoms with van der Waals surface area (Å²) in [6, 6.07) is 0.421. The minimum Gasteiger partial charge on any atom is -0.415 e. The molecule has 0 N–H and O–H groups in total. The van der Waals surface area contributed by atoms with Crippen LogP contribution in [0, 0.1) is 5.92 Å². The van der Waals surface area contributed by atoms with Crippen LogP contribution in [0.5, 0.6) is 0 Å². The standard InChI is InChI=1S/C13H25NOSSi/c1-13(2,3)17(4,5)15-8-11-9-16-12(14-11)10-6-7-10/h10-11H,6-9H2,1-5H3. The lowest BCUT2D eigenvalue weighted by Gasteiger charge is -2.36. The van der Waals surface area contributed by atoms with Crippen molar-refractivity contribution < 1.29 is 4.43 Å². The minimum atomic E-state index is -1.58. The van der Waals surface area contributed by atoms with Crippen molar-refractivity contribution in [1.29, 1.82) is 0 Å². The Kier molecular flexibility index (Phi) is 3.77. The van der Waals surface area contributed by atoms with Gasteiger partial charge >= 0.3 is 0 Å². The molecule has 1 atom stereocenters. The molecule has 0 aromatic carbocycles. The van der Waals surface area contributed by atoms with Crippen LogP contribution in [0.2, 0.25) is 18.1 Å². The Morgan fingerprint density at radius 2 is 2.00 bits per heavy atom. The van der Waals surface area contributed by atoms with Crippen LogP contribution in [0.4, 0.5) is 0 Å². The van der Waals surface area contributed by atoms with Crippen molar-refractivity contribution >= 4 is 25.1 Å². The van der Waals surface area contributed by atoms with Gasteiger partial charge in [-0.3, -0.25) is 4.99 Å². The van der Waals surface area contributed by atoms with Crippen LogP contribution in [-0.2, 0) is 4.43 Å². The Hall–Kier alpha value is 0.197. The van der Waals surface area contributed by atoms with Crippen molar-refractivity contribution in [2.75, 3.05) is 12.4 Å². The molecule has 98 valence electrons. The molecule has 4 heteroatoms. The zero-order chi connectivity index (χ0) is 12.7. The van der Waals surface area contributed by atoms with Gasteiger partial charge in [-0.25, -0.2) is 0 Å². The summed E-state index contributed by atoms with van der Waals surface area (Å²) in [6.45, 7) is 12.4. The molecule has 0 aromatic rings. The highest BCUT2D eigenvalue weighted by molar-refractivity contribution is 8.14. The van der Waals surface area contributed by atoms with E-state index in [4.69, 9.17) is 9.42 Å². The minimum absolute atomic E-state index is 0.307. The van der Waals surface area contributed by atoms with E-state index in [9.17, 15) is 0 Å². The summed E-state index contributed by atoms with van der Waals surface area (Å²) in [4.78, 5) is 4.81. The van der Waals surface area contributed by atoms with Crippen LogP contribution >= 0.6 is 11.8 Å². The molecule has 1 aliphatic heterocycles. The first-order valence-electron chi connectivity index (χ1n) is 6.64. The van der Waals surface area contributed by atoms with Gasteiger partial charge in [0.25, 0.3) is 0 Å². The summed E-state index contributed by atoms with van der Waals surface area (Å²) in [6.07, 6.45) is 2.73. The quantitative estimate of drug-likeness (QED) is 0.723. The third-order valence-corrected chi connectivity index (χ3v) is 9.89.